The van der Waals surface area contributed by atoms with E-state index < -0.39 is 0 Å². The van der Waals surface area contributed by atoms with Crippen molar-refractivity contribution in [3.05, 3.63) is 30.2 Å². The average molecular weight is 329 g/mol. The van der Waals surface area contributed by atoms with Gasteiger partial charge in [0.05, 0.1) is 19.8 Å². The summed E-state index contributed by atoms with van der Waals surface area (Å²) in [4.78, 5) is 21.2. The summed E-state index contributed by atoms with van der Waals surface area (Å²) in [5, 5.41) is 0. The molecule has 1 aromatic heterocycles. The summed E-state index contributed by atoms with van der Waals surface area (Å²) in [6.45, 7) is 5.00. The molecule has 2 aliphatic rings. The van der Waals surface area contributed by atoms with Crippen molar-refractivity contribution in [1.29, 1.82) is 0 Å². The molecule has 2 saturated heterocycles. The molecule has 0 aliphatic carbocycles. The third kappa shape index (κ3) is 3.30. The van der Waals surface area contributed by atoms with Crippen LogP contribution >= 0.6 is 0 Å². The summed E-state index contributed by atoms with van der Waals surface area (Å²) in [6, 6.07) is 7.87. The van der Waals surface area contributed by atoms with Crippen LogP contribution in [0.25, 0.3) is 11.1 Å². The number of carbonyl (C=O) groups is 1. The summed E-state index contributed by atoms with van der Waals surface area (Å²) in [5.41, 5.74) is 1.75. The van der Waals surface area contributed by atoms with Crippen LogP contribution in [-0.2, 0) is 9.53 Å². The Hall–Kier alpha value is -1.92. The predicted molar refractivity (Wildman–Crippen MR) is 89.8 cm³/mol. The third-order valence-electron chi connectivity index (χ3n) is 4.89. The summed E-state index contributed by atoms with van der Waals surface area (Å²) < 4.78 is 11.2. The maximum absolute atomic E-state index is 12.4. The molecular weight excluding hydrogens is 306 g/mol. The largest absolute Gasteiger partial charge is 0.440 e. The topological polar surface area (TPSA) is 58.8 Å². The Labute approximate surface area is 141 Å². The molecule has 1 unspecified atom stereocenters. The lowest BCUT2D eigenvalue weighted by atomic mass is 9.98. The quantitative estimate of drug-likeness (QED) is 0.860. The molecular formula is C18H23N3O3. The number of aromatic nitrogens is 1. The summed E-state index contributed by atoms with van der Waals surface area (Å²) >= 11 is 0. The molecule has 0 saturated carbocycles. The van der Waals surface area contributed by atoms with Gasteiger partial charge in [-0.2, -0.15) is 0 Å². The van der Waals surface area contributed by atoms with Crippen LogP contribution < -0.4 is 0 Å². The smallest absolute Gasteiger partial charge is 0.236 e. The van der Waals surface area contributed by atoms with Gasteiger partial charge in [-0.25, -0.2) is 4.98 Å². The van der Waals surface area contributed by atoms with E-state index in [4.69, 9.17) is 9.15 Å². The number of rotatable bonds is 3. The van der Waals surface area contributed by atoms with Gasteiger partial charge >= 0.3 is 0 Å². The van der Waals surface area contributed by atoms with Crippen LogP contribution in [0.1, 0.15) is 24.7 Å². The van der Waals surface area contributed by atoms with E-state index in [1.54, 1.807) is 0 Å². The Morgan fingerprint density at radius 2 is 2.04 bits per heavy atom. The molecule has 0 radical (unpaired) electrons. The number of morpholine rings is 1. The number of likely N-dealkylation sites (tertiary alicyclic amines) is 1. The van der Waals surface area contributed by atoms with Gasteiger partial charge in [0.25, 0.3) is 0 Å². The first kappa shape index (κ1) is 15.6. The number of carbonyl (C=O) groups excluding carboxylic acids is 1. The fourth-order valence-electron chi connectivity index (χ4n) is 3.57. The van der Waals surface area contributed by atoms with E-state index in [1.807, 2.05) is 29.2 Å². The molecule has 2 aliphatic heterocycles. The highest BCUT2D eigenvalue weighted by Gasteiger charge is 2.28. The Bertz CT molecular complexity index is 675. The second-order valence-electron chi connectivity index (χ2n) is 6.59. The predicted octanol–water partition coefficient (Wildman–Crippen LogP) is 1.87. The van der Waals surface area contributed by atoms with E-state index in [0.717, 1.165) is 42.9 Å². The van der Waals surface area contributed by atoms with E-state index in [9.17, 15) is 4.79 Å². The summed E-state index contributed by atoms with van der Waals surface area (Å²) in [5.74, 6) is 1.28. The Kier molecular flexibility index (Phi) is 4.49. The van der Waals surface area contributed by atoms with Crippen LogP contribution in [0.3, 0.4) is 0 Å². The molecule has 0 bridgehead atoms. The van der Waals surface area contributed by atoms with E-state index in [0.29, 0.717) is 32.8 Å². The summed E-state index contributed by atoms with van der Waals surface area (Å²) in [7, 11) is 0. The van der Waals surface area contributed by atoms with Gasteiger partial charge in [0.15, 0.2) is 11.5 Å². The first-order valence-corrected chi connectivity index (χ1v) is 8.73. The van der Waals surface area contributed by atoms with Gasteiger partial charge in [0.2, 0.25) is 5.91 Å². The zero-order valence-electron chi connectivity index (χ0n) is 13.8. The first-order valence-electron chi connectivity index (χ1n) is 8.73. The van der Waals surface area contributed by atoms with Crippen LogP contribution in [0.2, 0.25) is 0 Å². The fraction of sp³-hybridized carbons (Fsp3) is 0.556. The minimum atomic E-state index is 0.205. The number of benzene rings is 1. The Morgan fingerprint density at radius 3 is 2.88 bits per heavy atom. The Balaban J connectivity index is 1.40. The van der Waals surface area contributed by atoms with Gasteiger partial charge in [0, 0.05) is 25.6 Å². The average Bonchev–Trinajstić information content (AvgIpc) is 3.07. The van der Waals surface area contributed by atoms with Gasteiger partial charge in [-0.3, -0.25) is 9.69 Å². The molecule has 1 atom stereocenters. The van der Waals surface area contributed by atoms with E-state index in [-0.39, 0.29) is 11.8 Å². The molecule has 128 valence electrons. The molecule has 24 heavy (non-hydrogen) atoms. The lowest BCUT2D eigenvalue weighted by Crippen LogP contribution is -2.47. The van der Waals surface area contributed by atoms with Gasteiger partial charge in [-0.1, -0.05) is 12.1 Å². The van der Waals surface area contributed by atoms with E-state index >= 15 is 0 Å². The van der Waals surface area contributed by atoms with Crippen LogP contribution in [0.15, 0.2) is 28.7 Å². The van der Waals surface area contributed by atoms with Crippen molar-refractivity contribution in [3.8, 4) is 0 Å². The number of nitrogens with zero attached hydrogens (tertiary/aromatic N) is 3. The van der Waals surface area contributed by atoms with Crippen LogP contribution in [-0.4, -0.2) is 66.6 Å². The maximum atomic E-state index is 12.4. The van der Waals surface area contributed by atoms with E-state index in [1.165, 1.54) is 0 Å². The van der Waals surface area contributed by atoms with Crippen molar-refractivity contribution in [1.82, 2.24) is 14.8 Å². The number of oxazole rings is 1. The lowest BCUT2D eigenvalue weighted by Gasteiger charge is -2.33. The SMILES string of the molecule is O=C(CN1CCCC(c2nc3ccccc3o2)C1)N1CCOCC1. The minimum absolute atomic E-state index is 0.205. The molecule has 2 aromatic rings. The number of piperidine rings is 1. The highest BCUT2D eigenvalue weighted by molar-refractivity contribution is 5.78. The molecule has 3 heterocycles. The standard InChI is InChI=1S/C18H23N3O3/c22-17(21-8-10-23-11-9-21)13-20-7-3-4-14(12-20)18-19-15-5-1-2-6-16(15)24-18/h1-2,5-6,14H,3-4,7-13H2. The highest BCUT2D eigenvalue weighted by Crippen LogP contribution is 2.28. The molecule has 6 nitrogen and oxygen atoms in total. The number of hydrogen-bond donors (Lipinski definition) is 0. The highest BCUT2D eigenvalue weighted by atomic mass is 16.5. The molecule has 1 aromatic carbocycles. The third-order valence-corrected chi connectivity index (χ3v) is 4.89. The molecule has 2 fully saturated rings. The molecule has 6 heteroatoms. The minimum Gasteiger partial charge on any atom is -0.440 e. The van der Waals surface area contributed by atoms with Crippen LogP contribution in [0.4, 0.5) is 0 Å². The second-order valence-corrected chi connectivity index (χ2v) is 6.59. The lowest BCUT2D eigenvalue weighted by molar-refractivity contribution is -0.136. The summed E-state index contributed by atoms with van der Waals surface area (Å²) in [6.07, 6.45) is 2.13. The zero-order chi connectivity index (χ0) is 16.4. The van der Waals surface area contributed by atoms with E-state index in [2.05, 4.69) is 9.88 Å². The van der Waals surface area contributed by atoms with Crippen molar-refractivity contribution < 1.29 is 13.9 Å². The number of para-hydroxylation sites is 2. The number of hydrogen-bond acceptors (Lipinski definition) is 5. The van der Waals surface area contributed by atoms with Crippen LogP contribution in [0, 0.1) is 0 Å². The van der Waals surface area contributed by atoms with Gasteiger partial charge in [-0.05, 0) is 31.5 Å². The van der Waals surface area contributed by atoms with Gasteiger partial charge < -0.3 is 14.1 Å². The number of amides is 1. The first-order chi connectivity index (χ1) is 11.8. The fourth-order valence-corrected chi connectivity index (χ4v) is 3.57. The molecule has 0 N–H and O–H groups in total. The van der Waals surface area contributed by atoms with Crippen molar-refractivity contribution in [2.75, 3.05) is 45.9 Å². The van der Waals surface area contributed by atoms with Crippen molar-refractivity contribution in [2.45, 2.75) is 18.8 Å². The second kappa shape index (κ2) is 6.91. The van der Waals surface area contributed by atoms with Gasteiger partial charge in [0.1, 0.15) is 5.52 Å². The maximum Gasteiger partial charge on any atom is 0.236 e. The Morgan fingerprint density at radius 1 is 1.21 bits per heavy atom. The normalized spacial score (nSPS) is 22.8. The number of ether oxygens (including phenoxy) is 1. The van der Waals surface area contributed by atoms with Crippen molar-refractivity contribution in [3.63, 3.8) is 0 Å². The monoisotopic (exact) mass is 329 g/mol. The van der Waals surface area contributed by atoms with Crippen molar-refractivity contribution >= 4 is 17.0 Å². The number of fused-ring (bicyclic) bond motifs is 1. The molecule has 0 spiro atoms. The van der Waals surface area contributed by atoms with Crippen LogP contribution in [0.5, 0.6) is 0 Å². The zero-order valence-corrected chi connectivity index (χ0v) is 13.8. The van der Waals surface area contributed by atoms with Crippen molar-refractivity contribution in [2.24, 2.45) is 0 Å². The molecule has 1 amide bonds. The molecule has 4 rings (SSSR count). The van der Waals surface area contributed by atoms with Gasteiger partial charge in [-0.15, -0.1) is 0 Å².